The molecule has 88 valence electrons. The molecule has 1 amide bonds. The van der Waals surface area contributed by atoms with Crippen LogP contribution in [0.4, 0.5) is 0 Å². The van der Waals surface area contributed by atoms with Gasteiger partial charge in [-0.25, -0.2) is 0 Å². The molecule has 0 N–H and O–H groups in total. The van der Waals surface area contributed by atoms with Gasteiger partial charge in [0.25, 0.3) is 5.91 Å². The molecule has 0 saturated carbocycles. The maximum atomic E-state index is 11.7. The van der Waals surface area contributed by atoms with Crippen LogP contribution >= 0.6 is 0 Å². The second-order valence-electron chi connectivity index (χ2n) is 3.88. The Bertz CT molecular complexity index is 366. The minimum absolute atomic E-state index is 0.0167. The fraction of sp³-hybridized carbons (Fsp3) is 0.500. The van der Waals surface area contributed by atoms with Gasteiger partial charge in [-0.1, -0.05) is 0 Å². The second kappa shape index (κ2) is 5.61. The number of rotatable bonds is 4. The van der Waals surface area contributed by atoms with Crippen molar-refractivity contribution in [2.75, 3.05) is 14.2 Å². The van der Waals surface area contributed by atoms with E-state index in [9.17, 15) is 4.79 Å². The molecule has 1 aromatic rings. The number of nitrogens with zero attached hydrogens (tertiary/aromatic N) is 2. The maximum Gasteiger partial charge on any atom is 0.251 e. The lowest BCUT2D eigenvalue weighted by atomic mass is 10.2. The number of amides is 1. The summed E-state index contributed by atoms with van der Waals surface area (Å²) in [6.07, 6.45) is 1.36. The molecule has 0 aliphatic heterocycles. The van der Waals surface area contributed by atoms with Gasteiger partial charge in [0.15, 0.2) is 0 Å². The number of hydrogen-bond donors (Lipinski definition) is 0. The highest BCUT2D eigenvalue weighted by Gasteiger charge is 2.16. The van der Waals surface area contributed by atoms with Gasteiger partial charge in [0.05, 0.1) is 0 Å². The van der Waals surface area contributed by atoms with Crippen molar-refractivity contribution in [3.63, 3.8) is 0 Å². The van der Waals surface area contributed by atoms with Crippen molar-refractivity contribution in [3.05, 3.63) is 29.6 Å². The number of likely N-dealkylation sites (N-methyl/N-ethyl adjacent to an activating group) is 1. The zero-order valence-corrected chi connectivity index (χ0v) is 10.2. The third-order valence-electron chi connectivity index (χ3n) is 2.46. The summed E-state index contributed by atoms with van der Waals surface area (Å²) in [5, 5.41) is 0. The molecule has 0 fully saturated rings. The first-order valence-electron chi connectivity index (χ1n) is 5.24. The quantitative estimate of drug-likeness (QED) is 0.773. The summed E-state index contributed by atoms with van der Waals surface area (Å²) >= 11 is 0. The Kier molecular flexibility index (Phi) is 4.43. The number of aromatic nitrogens is 1. The first-order valence-corrected chi connectivity index (χ1v) is 5.24. The van der Waals surface area contributed by atoms with Crippen LogP contribution in [0.25, 0.3) is 0 Å². The number of methoxy groups -OCH3 is 1. The van der Waals surface area contributed by atoms with E-state index in [0.717, 1.165) is 11.3 Å². The Balaban J connectivity index is 2.64. The van der Waals surface area contributed by atoms with Crippen LogP contribution in [-0.2, 0) is 16.1 Å². The molecule has 1 atom stereocenters. The lowest BCUT2D eigenvalue weighted by molar-refractivity contribution is -0.140. The van der Waals surface area contributed by atoms with Crippen molar-refractivity contribution < 1.29 is 9.53 Å². The maximum absolute atomic E-state index is 11.7. The number of aryl methyl sites for hydroxylation is 1. The average molecular weight is 222 g/mol. The molecule has 0 spiro atoms. The normalized spacial score (nSPS) is 12.2. The van der Waals surface area contributed by atoms with Gasteiger partial charge in [-0.2, -0.15) is 0 Å². The van der Waals surface area contributed by atoms with Crippen molar-refractivity contribution in [2.24, 2.45) is 0 Å². The molecule has 0 unspecified atom stereocenters. The number of pyridine rings is 1. The molecule has 0 aliphatic rings. The lowest BCUT2D eigenvalue weighted by Gasteiger charge is -2.20. The van der Waals surface area contributed by atoms with Gasteiger partial charge in [0, 0.05) is 32.6 Å². The minimum atomic E-state index is -0.395. The van der Waals surface area contributed by atoms with Gasteiger partial charge in [-0.15, -0.1) is 0 Å². The molecule has 16 heavy (non-hydrogen) atoms. The summed E-state index contributed by atoms with van der Waals surface area (Å²) in [6, 6.07) is 3.88. The van der Waals surface area contributed by atoms with E-state index in [1.54, 1.807) is 25.1 Å². The minimum Gasteiger partial charge on any atom is -0.372 e. The summed E-state index contributed by atoms with van der Waals surface area (Å²) < 4.78 is 4.99. The second-order valence-corrected chi connectivity index (χ2v) is 3.88. The Hall–Kier alpha value is -1.42. The number of carbonyl (C=O) groups excluding carboxylic acids is 1. The summed E-state index contributed by atoms with van der Waals surface area (Å²) in [7, 11) is 3.31. The molecule has 0 saturated heterocycles. The van der Waals surface area contributed by atoms with Gasteiger partial charge in [-0.05, 0) is 31.5 Å². The molecule has 4 heteroatoms. The molecular weight excluding hydrogens is 204 g/mol. The Morgan fingerprint density at radius 2 is 2.31 bits per heavy atom. The predicted molar refractivity (Wildman–Crippen MR) is 61.9 cm³/mol. The highest BCUT2D eigenvalue weighted by molar-refractivity contribution is 5.80. The van der Waals surface area contributed by atoms with E-state index in [-0.39, 0.29) is 5.91 Å². The van der Waals surface area contributed by atoms with Gasteiger partial charge >= 0.3 is 0 Å². The van der Waals surface area contributed by atoms with Gasteiger partial charge in [0.2, 0.25) is 0 Å². The van der Waals surface area contributed by atoms with Gasteiger partial charge < -0.3 is 9.64 Å². The van der Waals surface area contributed by atoms with Crippen molar-refractivity contribution in [1.82, 2.24) is 9.88 Å². The SMILES string of the molecule is CO[C@H](C)C(=O)N(C)Cc1ccnc(C)c1. The molecule has 1 aromatic heterocycles. The van der Waals surface area contributed by atoms with E-state index in [2.05, 4.69) is 4.98 Å². The van der Waals surface area contributed by atoms with Crippen molar-refractivity contribution in [1.29, 1.82) is 0 Å². The van der Waals surface area contributed by atoms with Crippen LogP contribution in [0.5, 0.6) is 0 Å². The van der Waals surface area contributed by atoms with Crippen LogP contribution in [0.15, 0.2) is 18.3 Å². The summed E-state index contributed by atoms with van der Waals surface area (Å²) in [5.41, 5.74) is 2.03. The smallest absolute Gasteiger partial charge is 0.251 e. The van der Waals surface area contributed by atoms with E-state index in [4.69, 9.17) is 4.74 Å². The van der Waals surface area contributed by atoms with E-state index in [1.807, 2.05) is 19.1 Å². The topological polar surface area (TPSA) is 42.4 Å². The van der Waals surface area contributed by atoms with E-state index >= 15 is 0 Å². The Morgan fingerprint density at radius 1 is 1.62 bits per heavy atom. The fourth-order valence-electron chi connectivity index (χ4n) is 1.47. The first kappa shape index (κ1) is 12.6. The third kappa shape index (κ3) is 3.31. The number of ether oxygens (including phenoxy) is 1. The van der Waals surface area contributed by atoms with Crippen LogP contribution in [0.2, 0.25) is 0 Å². The Labute approximate surface area is 96.2 Å². The highest BCUT2D eigenvalue weighted by Crippen LogP contribution is 2.06. The van der Waals surface area contributed by atoms with Gasteiger partial charge in [0.1, 0.15) is 6.10 Å². The molecule has 1 rings (SSSR count). The van der Waals surface area contributed by atoms with Crippen LogP contribution in [0.1, 0.15) is 18.2 Å². The van der Waals surface area contributed by atoms with Crippen LogP contribution < -0.4 is 0 Å². The van der Waals surface area contributed by atoms with Crippen molar-refractivity contribution >= 4 is 5.91 Å². The van der Waals surface area contributed by atoms with Crippen LogP contribution in [-0.4, -0.2) is 36.1 Å². The summed E-state index contributed by atoms with van der Waals surface area (Å²) in [5.74, 6) is -0.0167. The highest BCUT2D eigenvalue weighted by atomic mass is 16.5. The molecule has 0 radical (unpaired) electrons. The Morgan fingerprint density at radius 3 is 2.88 bits per heavy atom. The molecule has 0 bridgehead atoms. The van der Waals surface area contributed by atoms with E-state index in [0.29, 0.717) is 6.54 Å². The first-order chi connectivity index (χ1) is 7.54. The van der Waals surface area contributed by atoms with E-state index < -0.39 is 6.10 Å². The predicted octanol–water partition coefficient (Wildman–Crippen LogP) is 1.38. The van der Waals surface area contributed by atoms with E-state index in [1.165, 1.54) is 7.11 Å². The molecular formula is C12H18N2O2. The number of carbonyl (C=O) groups is 1. The standard InChI is InChI=1S/C12H18N2O2/c1-9-7-11(5-6-13-9)8-14(3)12(15)10(2)16-4/h5-7,10H,8H2,1-4H3/t10-/m1/s1. The molecule has 1 heterocycles. The lowest BCUT2D eigenvalue weighted by Crippen LogP contribution is -2.35. The summed E-state index contributed by atoms with van der Waals surface area (Å²) in [4.78, 5) is 17.5. The molecule has 4 nitrogen and oxygen atoms in total. The zero-order valence-electron chi connectivity index (χ0n) is 10.2. The molecule has 0 aliphatic carbocycles. The summed E-state index contributed by atoms with van der Waals surface area (Å²) in [6.45, 7) is 4.26. The van der Waals surface area contributed by atoms with Gasteiger partial charge in [-0.3, -0.25) is 9.78 Å². The monoisotopic (exact) mass is 222 g/mol. The fourth-order valence-corrected chi connectivity index (χ4v) is 1.47. The third-order valence-corrected chi connectivity index (χ3v) is 2.46. The zero-order chi connectivity index (χ0) is 12.1. The largest absolute Gasteiger partial charge is 0.372 e. The van der Waals surface area contributed by atoms with Crippen LogP contribution in [0, 0.1) is 6.92 Å². The average Bonchev–Trinajstić information content (AvgIpc) is 2.27. The molecule has 0 aromatic carbocycles. The van der Waals surface area contributed by atoms with Crippen molar-refractivity contribution in [2.45, 2.75) is 26.5 Å². The number of hydrogen-bond acceptors (Lipinski definition) is 3. The van der Waals surface area contributed by atoms with Crippen molar-refractivity contribution in [3.8, 4) is 0 Å². The van der Waals surface area contributed by atoms with Crippen LogP contribution in [0.3, 0.4) is 0 Å².